The average Bonchev–Trinajstić information content (AvgIpc) is 2.98. The van der Waals surface area contributed by atoms with Crippen molar-refractivity contribution in [2.45, 2.75) is 45.1 Å². The predicted molar refractivity (Wildman–Crippen MR) is 72.3 cm³/mol. The van der Waals surface area contributed by atoms with Crippen molar-refractivity contribution in [3.05, 3.63) is 16.1 Å². The van der Waals surface area contributed by atoms with Gasteiger partial charge in [0.15, 0.2) is 0 Å². The van der Waals surface area contributed by atoms with Crippen molar-refractivity contribution >= 4 is 23.2 Å². The molecule has 2 N–H and O–H groups in total. The molecule has 1 saturated carbocycles. The number of amides is 1. The van der Waals surface area contributed by atoms with E-state index in [0.717, 1.165) is 24.3 Å². The van der Waals surface area contributed by atoms with Crippen molar-refractivity contribution in [3.63, 3.8) is 0 Å². The van der Waals surface area contributed by atoms with Crippen molar-refractivity contribution in [1.82, 2.24) is 10.3 Å². The van der Waals surface area contributed by atoms with E-state index < -0.39 is 5.97 Å². The molecule has 0 spiro atoms. The van der Waals surface area contributed by atoms with E-state index in [2.05, 4.69) is 17.2 Å². The van der Waals surface area contributed by atoms with Crippen LogP contribution in [0.25, 0.3) is 0 Å². The molecule has 0 bridgehead atoms. The van der Waals surface area contributed by atoms with Crippen LogP contribution in [-0.2, 0) is 11.2 Å². The maximum atomic E-state index is 12.0. The Morgan fingerprint density at radius 1 is 1.53 bits per heavy atom. The Hall–Kier alpha value is -1.43. The summed E-state index contributed by atoms with van der Waals surface area (Å²) in [4.78, 5) is 27.7. The lowest BCUT2D eigenvalue weighted by molar-refractivity contribution is -0.141. The lowest BCUT2D eigenvalue weighted by Gasteiger charge is -2.10. The number of carbonyl (C=O) groups is 2. The van der Waals surface area contributed by atoms with E-state index in [1.54, 1.807) is 6.20 Å². The first kappa shape index (κ1) is 14.0. The molecule has 0 radical (unpaired) electrons. The summed E-state index contributed by atoms with van der Waals surface area (Å²) in [5, 5.41) is 12.8. The number of hydrogen-bond donors (Lipinski definition) is 2. The van der Waals surface area contributed by atoms with Crippen molar-refractivity contribution < 1.29 is 14.7 Å². The monoisotopic (exact) mass is 282 g/mol. The normalized spacial score (nSPS) is 22.4. The van der Waals surface area contributed by atoms with E-state index in [1.807, 2.05) is 0 Å². The number of carboxylic acids is 1. The maximum absolute atomic E-state index is 12.0. The zero-order chi connectivity index (χ0) is 13.8. The SMILES string of the molecule is CCCc1ncc(C(=O)N[C@@H]2CC[C@H](C(=O)O)C2)s1. The zero-order valence-corrected chi connectivity index (χ0v) is 11.7. The number of nitrogens with zero attached hydrogens (tertiary/aromatic N) is 1. The largest absolute Gasteiger partial charge is 0.481 e. The molecule has 5 nitrogen and oxygen atoms in total. The van der Waals surface area contributed by atoms with Crippen LogP contribution in [-0.4, -0.2) is 28.0 Å². The molecule has 1 aliphatic carbocycles. The van der Waals surface area contributed by atoms with E-state index in [1.165, 1.54) is 11.3 Å². The molecule has 0 aromatic carbocycles. The Bertz CT molecular complexity index is 472. The minimum atomic E-state index is -0.764. The van der Waals surface area contributed by atoms with Gasteiger partial charge >= 0.3 is 5.97 Å². The van der Waals surface area contributed by atoms with Gasteiger partial charge in [0.1, 0.15) is 4.88 Å². The average molecular weight is 282 g/mol. The Morgan fingerprint density at radius 3 is 2.95 bits per heavy atom. The van der Waals surface area contributed by atoms with Crippen LogP contribution in [0.5, 0.6) is 0 Å². The first-order valence-electron chi connectivity index (χ1n) is 6.58. The minimum Gasteiger partial charge on any atom is -0.481 e. The molecule has 1 aromatic rings. The maximum Gasteiger partial charge on any atom is 0.306 e. The zero-order valence-electron chi connectivity index (χ0n) is 10.9. The fraction of sp³-hybridized carbons (Fsp3) is 0.615. The fourth-order valence-corrected chi connectivity index (χ4v) is 3.26. The quantitative estimate of drug-likeness (QED) is 0.866. The van der Waals surface area contributed by atoms with Crippen LogP contribution in [0.2, 0.25) is 0 Å². The van der Waals surface area contributed by atoms with Gasteiger partial charge in [-0.2, -0.15) is 0 Å². The Kier molecular flexibility index (Phi) is 4.52. The summed E-state index contributed by atoms with van der Waals surface area (Å²) in [6, 6.07) is -0.0228. The molecule has 1 aliphatic rings. The van der Waals surface area contributed by atoms with Gasteiger partial charge in [-0.3, -0.25) is 9.59 Å². The van der Waals surface area contributed by atoms with Crippen LogP contribution in [0.4, 0.5) is 0 Å². The summed E-state index contributed by atoms with van der Waals surface area (Å²) < 4.78 is 0. The molecule has 1 amide bonds. The van der Waals surface area contributed by atoms with Crippen LogP contribution in [0.3, 0.4) is 0 Å². The second-order valence-electron chi connectivity index (χ2n) is 4.89. The van der Waals surface area contributed by atoms with Gasteiger partial charge < -0.3 is 10.4 Å². The lowest BCUT2D eigenvalue weighted by atomic mass is 10.1. The van der Waals surface area contributed by atoms with Crippen molar-refractivity contribution in [1.29, 1.82) is 0 Å². The third-order valence-corrected chi connectivity index (χ3v) is 4.41. The topological polar surface area (TPSA) is 79.3 Å². The van der Waals surface area contributed by atoms with Crippen molar-refractivity contribution in [2.24, 2.45) is 5.92 Å². The second kappa shape index (κ2) is 6.14. The molecule has 0 saturated heterocycles. The van der Waals surface area contributed by atoms with Crippen LogP contribution < -0.4 is 5.32 Å². The summed E-state index contributed by atoms with van der Waals surface area (Å²) in [6.45, 7) is 2.08. The van der Waals surface area contributed by atoms with E-state index in [0.29, 0.717) is 17.7 Å². The van der Waals surface area contributed by atoms with Gasteiger partial charge in [-0.05, 0) is 32.1 Å². The van der Waals surface area contributed by atoms with Gasteiger partial charge in [-0.1, -0.05) is 6.92 Å². The molecule has 19 heavy (non-hydrogen) atoms. The molecular weight excluding hydrogens is 264 g/mol. The molecule has 6 heteroatoms. The summed E-state index contributed by atoms with van der Waals surface area (Å²) in [5.74, 6) is -1.21. The standard InChI is InChI=1S/C13H18N2O3S/c1-2-3-11-14-7-10(19-11)12(16)15-9-5-4-8(6-9)13(17)18/h7-9H,2-6H2,1H3,(H,15,16)(H,17,18)/t8-,9+/m0/s1. The third-order valence-electron chi connectivity index (χ3n) is 3.36. The van der Waals surface area contributed by atoms with E-state index in [-0.39, 0.29) is 17.9 Å². The van der Waals surface area contributed by atoms with E-state index >= 15 is 0 Å². The fourth-order valence-electron chi connectivity index (χ4n) is 2.34. The van der Waals surface area contributed by atoms with Crippen molar-refractivity contribution in [3.8, 4) is 0 Å². The van der Waals surface area contributed by atoms with Crippen molar-refractivity contribution in [2.75, 3.05) is 0 Å². The number of aliphatic carboxylic acids is 1. The number of aryl methyl sites for hydroxylation is 1. The summed E-state index contributed by atoms with van der Waals surface area (Å²) in [5.41, 5.74) is 0. The number of carbonyl (C=O) groups excluding carboxylic acids is 1. The molecular formula is C13H18N2O3S. The van der Waals surface area contributed by atoms with Gasteiger partial charge in [0, 0.05) is 6.04 Å². The molecule has 1 heterocycles. The number of thiazole rings is 1. The Labute approximate surface area is 116 Å². The Morgan fingerprint density at radius 2 is 2.32 bits per heavy atom. The molecule has 2 atom stereocenters. The van der Waals surface area contributed by atoms with Gasteiger partial charge in [0.25, 0.3) is 5.91 Å². The third kappa shape index (κ3) is 3.53. The van der Waals surface area contributed by atoms with Crippen LogP contribution >= 0.6 is 11.3 Å². The van der Waals surface area contributed by atoms with Crippen LogP contribution in [0.15, 0.2) is 6.20 Å². The minimum absolute atomic E-state index is 0.0228. The molecule has 104 valence electrons. The number of nitrogens with one attached hydrogen (secondary N) is 1. The van der Waals surface area contributed by atoms with Gasteiger partial charge in [-0.15, -0.1) is 11.3 Å². The van der Waals surface area contributed by atoms with Gasteiger partial charge in [0.2, 0.25) is 0 Å². The number of hydrogen-bond acceptors (Lipinski definition) is 4. The summed E-state index contributed by atoms with van der Waals surface area (Å²) in [6.07, 6.45) is 5.42. The van der Waals surface area contributed by atoms with Gasteiger partial charge in [-0.25, -0.2) is 4.98 Å². The predicted octanol–water partition coefficient (Wildman–Crippen LogP) is 2.08. The first-order chi connectivity index (χ1) is 9.10. The lowest BCUT2D eigenvalue weighted by Crippen LogP contribution is -2.32. The second-order valence-corrected chi connectivity index (χ2v) is 6.00. The summed E-state index contributed by atoms with van der Waals surface area (Å²) >= 11 is 1.42. The Balaban J connectivity index is 1.88. The van der Waals surface area contributed by atoms with Gasteiger partial charge in [0.05, 0.1) is 17.1 Å². The highest BCUT2D eigenvalue weighted by molar-refractivity contribution is 7.13. The van der Waals surface area contributed by atoms with Crippen LogP contribution in [0.1, 0.15) is 47.3 Å². The molecule has 1 aromatic heterocycles. The molecule has 0 aliphatic heterocycles. The molecule has 1 fully saturated rings. The number of rotatable bonds is 5. The van der Waals surface area contributed by atoms with E-state index in [9.17, 15) is 9.59 Å². The highest BCUT2D eigenvalue weighted by Gasteiger charge is 2.30. The first-order valence-corrected chi connectivity index (χ1v) is 7.40. The summed E-state index contributed by atoms with van der Waals surface area (Å²) in [7, 11) is 0. The smallest absolute Gasteiger partial charge is 0.306 e. The van der Waals surface area contributed by atoms with Crippen LogP contribution in [0, 0.1) is 5.92 Å². The van der Waals surface area contributed by atoms with E-state index in [4.69, 9.17) is 5.11 Å². The highest BCUT2D eigenvalue weighted by Crippen LogP contribution is 2.26. The number of aromatic nitrogens is 1. The molecule has 0 unspecified atom stereocenters. The number of carboxylic acid groups (broad SMARTS) is 1. The highest BCUT2D eigenvalue weighted by atomic mass is 32.1. The molecule has 2 rings (SSSR count).